The van der Waals surface area contributed by atoms with Crippen LogP contribution in [0.2, 0.25) is 0 Å². The molecule has 1 aliphatic rings. The van der Waals surface area contributed by atoms with Crippen LogP contribution in [0.25, 0.3) is 0 Å². The van der Waals surface area contributed by atoms with Crippen LogP contribution in [0.3, 0.4) is 0 Å². The number of nitriles is 1. The summed E-state index contributed by atoms with van der Waals surface area (Å²) in [6.45, 7) is 3.18. The molecule has 0 aromatic heterocycles. The van der Waals surface area contributed by atoms with Crippen LogP contribution in [0.4, 0.5) is 11.4 Å². The number of anilines is 2. The summed E-state index contributed by atoms with van der Waals surface area (Å²) >= 11 is 0. The highest BCUT2D eigenvalue weighted by Crippen LogP contribution is 2.21. The lowest BCUT2D eigenvalue weighted by Gasteiger charge is -2.29. The zero-order chi connectivity index (χ0) is 10.7. The predicted octanol–water partition coefficient (Wildman–Crippen LogP) is 0.977. The van der Waals surface area contributed by atoms with Gasteiger partial charge >= 0.3 is 0 Å². The van der Waals surface area contributed by atoms with Gasteiger partial charge in [-0.15, -0.1) is 0 Å². The molecule has 0 radical (unpaired) electrons. The molecule has 4 heteroatoms. The number of nitrogens with zero attached hydrogens (tertiary/aromatic N) is 2. The number of nitrogen functional groups attached to an aromatic ring is 1. The summed E-state index contributed by atoms with van der Waals surface area (Å²) in [5, 5.41) is 8.84. The van der Waals surface area contributed by atoms with Crippen molar-refractivity contribution in [2.24, 2.45) is 0 Å². The zero-order valence-electron chi connectivity index (χ0n) is 8.44. The summed E-state index contributed by atoms with van der Waals surface area (Å²) in [5.74, 6) is 0. The van der Waals surface area contributed by atoms with Crippen LogP contribution in [-0.4, -0.2) is 26.3 Å². The van der Waals surface area contributed by atoms with E-state index in [9.17, 15) is 0 Å². The number of hydrogen-bond donors (Lipinski definition) is 1. The maximum absolute atomic E-state index is 8.84. The number of nitrogens with two attached hydrogens (primary N) is 1. The Balaban J connectivity index is 2.27. The average Bonchev–Trinajstić information content (AvgIpc) is 2.29. The molecule has 0 spiro atoms. The van der Waals surface area contributed by atoms with Gasteiger partial charge in [-0.25, -0.2) is 0 Å². The van der Waals surface area contributed by atoms with E-state index >= 15 is 0 Å². The summed E-state index contributed by atoms with van der Waals surface area (Å²) in [7, 11) is 0. The molecular formula is C11H13N3O. The van der Waals surface area contributed by atoms with Gasteiger partial charge in [0.2, 0.25) is 0 Å². The Hall–Kier alpha value is -1.73. The fraction of sp³-hybridized carbons (Fsp3) is 0.364. The van der Waals surface area contributed by atoms with Gasteiger partial charge in [-0.2, -0.15) is 5.26 Å². The first kappa shape index (κ1) is 9.81. The van der Waals surface area contributed by atoms with Crippen LogP contribution in [-0.2, 0) is 4.74 Å². The van der Waals surface area contributed by atoms with E-state index in [4.69, 9.17) is 15.7 Å². The van der Waals surface area contributed by atoms with Gasteiger partial charge in [-0.1, -0.05) is 0 Å². The van der Waals surface area contributed by atoms with E-state index < -0.39 is 0 Å². The van der Waals surface area contributed by atoms with Crippen molar-refractivity contribution >= 4 is 11.4 Å². The average molecular weight is 203 g/mol. The maximum Gasteiger partial charge on any atom is 0.0993 e. The fourth-order valence-electron chi connectivity index (χ4n) is 1.70. The van der Waals surface area contributed by atoms with Gasteiger partial charge in [-0.05, 0) is 18.2 Å². The predicted molar refractivity (Wildman–Crippen MR) is 58.6 cm³/mol. The Morgan fingerprint density at radius 3 is 2.67 bits per heavy atom. The summed E-state index contributed by atoms with van der Waals surface area (Å²) in [6, 6.07) is 7.55. The van der Waals surface area contributed by atoms with Crippen LogP contribution >= 0.6 is 0 Å². The van der Waals surface area contributed by atoms with Crippen molar-refractivity contribution < 1.29 is 4.74 Å². The first-order valence-corrected chi connectivity index (χ1v) is 4.93. The number of rotatable bonds is 1. The third kappa shape index (κ3) is 2.20. The summed E-state index contributed by atoms with van der Waals surface area (Å²) in [6.07, 6.45) is 0. The minimum atomic E-state index is 0.608. The Morgan fingerprint density at radius 2 is 2.00 bits per heavy atom. The van der Waals surface area contributed by atoms with Gasteiger partial charge in [0.25, 0.3) is 0 Å². The summed E-state index contributed by atoms with van der Waals surface area (Å²) < 4.78 is 5.27. The van der Waals surface area contributed by atoms with Crippen LogP contribution in [0.5, 0.6) is 0 Å². The monoisotopic (exact) mass is 203 g/mol. The molecule has 1 heterocycles. The highest BCUT2D eigenvalue weighted by atomic mass is 16.5. The number of ether oxygens (including phenoxy) is 1. The molecule has 0 saturated carbocycles. The van der Waals surface area contributed by atoms with Crippen LogP contribution < -0.4 is 10.6 Å². The second-order valence-corrected chi connectivity index (χ2v) is 3.52. The van der Waals surface area contributed by atoms with E-state index in [1.54, 1.807) is 6.07 Å². The Morgan fingerprint density at radius 1 is 1.27 bits per heavy atom. The lowest BCUT2D eigenvalue weighted by atomic mass is 10.1. The highest BCUT2D eigenvalue weighted by Gasteiger charge is 2.12. The smallest absolute Gasteiger partial charge is 0.0993 e. The molecule has 2 N–H and O–H groups in total. The number of benzene rings is 1. The van der Waals surface area contributed by atoms with Gasteiger partial charge in [0.05, 0.1) is 24.8 Å². The third-order valence-corrected chi connectivity index (χ3v) is 2.45. The van der Waals surface area contributed by atoms with Gasteiger partial charge in [-0.3, -0.25) is 0 Å². The van der Waals surface area contributed by atoms with Crippen LogP contribution in [0.1, 0.15) is 5.56 Å². The SMILES string of the molecule is N#Cc1cc(N)cc(N2CCOCC2)c1. The van der Waals surface area contributed by atoms with E-state index in [1.165, 1.54) is 0 Å². The first-order chi connectivity index (χ1) is 7.29. The van der Waals surface area contributed by atoms with Crippen molar-refractivity contribution in [3.63, 3.8) is 0 Å². The van der Waals surface area contributed by atoms with Crippen molar-refractivity contribution in [2.75, 3.05) is 36.9 Å². The van der Waals surface area contributed by atoms with Gasteiger partial charge in [0.15, 0.2) is 0 Å². The molecule has 0 aliphatic carbocycles. The molecule has 15 heavy (non-hydrogen) atoms. The Bertz CT molecular complexity index is 391. The third-order valence-electron chi connectivity index (χ3n) is 2.45. The molecule has 0 bridgehead atoms. The highest BCUT2D eigenvalue weighted by molar-refractivity contribution is 5.61. The first-order valence-electron chi connectivity index (χ1n) is 4.93. The Labute approximate surface area is 88.9 Å². The molecule has 4 nitrogen and oxygen atoms in total. The zero-order valence-corrected chi connectivity index (χ0v) is 8.44. The molecule has 0 atom stereocenters. The minimum absolute atomic E-state index is 0.608. The summed E-state index contributed by atoms with van der Waals surface area (Å²) in [4.78, 5) is 2.18. The molecule has 0 amide bonds. The van der Waals surface area contributed by atoms with Crippen LogP contribution in [0.15, 0.2) is 18.2 Å². The van der Waals surface area contributed by atoms with E-state index in [1.807, 2.05) is 12.1 Å². The molecule has 78 valence electrons. The number of morpholine rings is 1. The normalized spacial score (nSPS) is 16.1. The van der Waals surface area contributed by atoms with Crippen molar-refractivity contribution in [2.45, 2.75) is 0 Å². The number of hydrogen-bond acceptors (Lipinski definition) is 4. The molecule has 1 saturated heterocycles. The molecular weight excluding hydrogens is 190 g/mol. The van der Waals surface area contributed by atoms with Crippen molar-refractivity contribution in [1.29, 1.82) is 5.26 Å². The summed E-state index contributed by atoms with van der Waals surface area (Å²) in [5.41, 5.74) is 7.98. The van der Waals surface area contributed by atoms with Crippen molar-refractivity contribution in [1.82, 2.24) is 0 Å². The van der Waals surface area contributed by atoms with Gasteiger partial charge < -0.3 is 15.4 Å². The second kappa shape index (κ2) is 4.20. The van der Waals surface area contributed by atoms with Gasteiger partial charge in [0.1, 0.15) is 0 Å². The standard InChI is InChI=1S/C11H13N3O/c12-8-9-5-10(13)7-11(6-9)14-1-3-15-4-2-14/h5-7H,1-4,13H2. The minimum Gasteiger partial charge on any atom is -0.399 e. The maximum atomic E-state index is 8.84. The lowest BCUT2D eigenvalue weighted by molar-refractivity contribution is 0.122. The molecule has 1 fully saturated rings. The van der Waals surface area contributed by atoms with E-state index in [-0.39, 0.29) is 0 Å². The quantitative estimate of drug-likeness (QED) is 0.691. The van der Waals surface area contributed by atoms with Gasteiger partial charge in [0, 0.05) is 24.5 Å². The van der Waals surface area contributed by atoms with E-state index in [2.05, 4.69) is 11.0 Å². The van der Waals surface area contributed by atoms with E-state index in [0.717, 1.165) is 32.0 Å². The largest absolute Gasteiger partial charge is 0.399 e. The second-order valence-electron chi connectivity index (χ2n) is 3.52. The molecule has 1 aromatic rings. The van der Waals surface area contributed by atoms with E-state index in [0.29, 0.717) is 11.3 Å². The molecule has 2 rings (SSSR count). The molecule has 0 unspecified atom stereocenters. The topological polar surface area (TPSA) is 62.3 Å². The van der Waals surface area contributed by atoms with Crippen molar-refractivity contribution in [3.05, 3.63) is 23.8 Å². The lowest BCUT2D eigenvalue weighted by Crippen LogP contribution is -2.36. The fourth-order valence-corrected chi connectivity index (χ4v) is 1.70. The molecule has 1 aliphatic heterocycles. The molecule has 1 aromatic carbocycles. The van der Waals surface area contributed by atoms with Crippen molar-refractivity contribution in [3.8, 4) is 6.07 Å². The van der Waals surface area contributed by atoms with Crippen LogP contribution in [0, 0.1) is 11.3 Å². The Kier molecular flexibility index (Phi) is 2.75.